The van der Waals surface area contributed by atoms with Gasteiger partial charge in [0.05, 0.1) is 12.8 Å². The summed E-state index contributed by atoms with van der Waals surface area (Å²) in [6.07, 6.45) is 0.475. The van der Waals surface area contributed by atoms with E-state index in [0.717, 1.165) is 0 Å². The number of ether oxygens (including phenoxy) is 2. The summed E-state index contributed by atoms with van der Waals surface area (Å²) in [5.41, 5.74) is 0.839. The minimum absolute atomic E-state index is 0.151. The first-order valence-corrected chi connectivity index (χ1v) is 7.49. The third kappa shape index (κ3) is 3.43. The van der Waals surface area contributed by atoms with Crippen LogP contribution in [0, 0.1) is 0 Å². The van der Waals surface area contributed by atoms with Crippen molar-refractivity contribution in [2.24, 2.45) is 5.10 Å². The molecule has 1 amide bonds. The number of rotatable bonds is 4. The number of anilines is 1. The van der Waals surface area contributed by atoms with Gasteiger partial charge in [0.15, 0.2) is 0 Å². The van der Waals surface area contributed by atoms with Crippen molar-refractivity contribution >= 4 is 23.3 Å². The van der Waals surface area contributed by atoms with E-state index < -0.39 is 5.97 Å². The van der Waals surface area contributed by atoms with E-state index in [1.807, 2.05) is 18.2 Å². The van der Waals surface area contributed by atoms with Gasteiger partial charge in [-0.25, -0.2) is 9.80 Å². The molecule has 122 valence electrons. The fourth-order valence-corrected chi connectivity index (χ4v) is 2.28. The number of amides is 1. The van der Waals surface area contributed by atoms with Crippen LogP contribution in [0.5, 0.6) is 11.5 Å². The number of esters is 1. The van der Waals surface area contributed by atoms with Gasteiger partial charge in [0.2, 0.25) is 5.91 Å². The van der Waals surface area contributed by atoms with E-state index in [0.29, 0.717) is 17.2 Å². The first-order valence-electron chi connectivity index (χ1n) is 7.49. The number of nitrogens with zero attached hydrogens (tertiary/aromatic N) is 2. The monoisotopic (exact) mass is 324 g/mol. The van der Waals surface area contributed by atoms with Gasteiger partial charge >= 0.3 is 5.97 Å². The van der Waals surface area contributed by atoms with Gasteiger partial charge in [-0.3, -0.25) is 4.79 Å². The van der Waals surface area contributed by atoms with E-state index >= 15 is 0 Å². The van der Waals surface area contributed by atoms with Crippen LogP contribution in [0.1, 0.15) is 12.8 Å². The van der Waals surface area contributed by atoms with Gasteiger partial charge in [0.25, 0.3) is 0 Å². The normalized spacial score (nSPS) is 14.1. The van der Waals surface area contributed by atoms with Crippen molar-refractivity contribution in [1.82, 2.24) is 0 Å². The van der Waals surface area contributed by atoms with E-state index in [9.17, 15) is 9.59 Å². The van der Waals surface area contributed by atoms with Gasteiger partial charge in [0.1, 0.15) is 17.2 Å². The van der Waals surface area contributed by atoms with Crippen LogP contribution in [0.4, 0.5) is 5.69 Å². The van der Waals surface area contributed by atoms with Crippen molar-refractivity contribution < 1.29 is 19.1 Å². The Hall–Kier alpha value is -3.15. The SMILES string of the molecule is COc1ccc(OC(=O)C2=NN(c3ccccc3)C(=O)CC2)cc1. The van der Waals surface area contributed by atoms with Crippen LogP contribution in [0.2, 0.25) is 0 Å². The molecule has 0 unspecified atom stereocenters. The fraction of sp³-hybridized carbons (Fsp3) is 0.167. The van der Waals surface area contributed by atoms with Crippen LogP contribution in [0.25, 0.3) is 0 Å². The maximum atomic E-state index is 12.3. The predicted molar refractivity (Wildman–Crippen MR) is 89.2 cm³/mol. The Morgan fingerprint density at radius 3 is 2.33 bits per heavy atom. The van der Waals surface area contributed by atoms with Crippen LogP contribution in [-0.4, -0.2) is 24.7 Å². The number of hydrazone groups is 1. The number of methoxy groups -OCH3 is 1. The Labute approximate surface area is 139 Å². The molecule has 1 aliphatic heterocycles. The quantitative estimate of drug-likeness (QED) is 0.640. The highest BCUT2D eigenvalue weighted by Gasteiger charge is 2.26. The largest absolute Gasteiger partial charge is 0.497 e. The van der Waals surface area contributed by atoms with Crippen LogP contribution < -0.4 is 14.5 Å². The van der Waals surface area contributed by atoms with Gasteiger partial charge in [-0.05, 0) is 36.4 Å². The van der Waals surface area contributed by atoms with Crippen LogP contribution in [-0.2, 0) is 9.59 Å². The Morgan fingerprint density at radius 2 is 1.67 bits per heavy atom. The minimum atomic E-state index is -0.561. The fourth-order valence-electron chi connectivity index (χ4n) is 2.28. The van der Waals surface area contributed by atoms with Crippen LogP contribution in [0.15, 0.2) is 59.7 Å². The average molecular weight is 324 g/mol. The van der Waals surface area contributed by atoms with Gasteiger partial charge in [-0.15, -0.1) is 0 Å². The molecule has 1 aliphatic rings. The zero-order valence-corrected chi connectivity index (χ0v) is 13.1. The molecule has 24 heavy (non-hydrogen) atoms. The van der Waals surface area contributed by atoms with Gasteiger partial charge in [-0.2, -0.15) is 5.10 Å². The first kappa shape index (κ1) is 15.7. The molecule has 0 atom stereocenters. The van der Waals surface area contributed by atoms with E-state index in [1.54, 1.807) is 43.5 Å². The summed E-state index contributed by atoms with van der Waals surface area (Å²) in [6, 6.07) is 15.7. The highest BCUT2D eigenvalue weighted by Crippen LogP contribution is 2.21. The van der Waals surface area contributed by atoms with E-state index in [4.69, 9.17) is 9.47 Å². The molecule has 0 spiro atoms. The summed E-state index contributed by atoms with van der Waals surface area (Å²) in [5, 5.41) is 5.41. The van der Waals surface area contributed by atoms with Crippen molar-refractivity contribution in [3.8, 4) is 11.5 Å². The number of benzene rings is 2. The summed E-state index contributed by atoms with van der Waals surface area (Å²) in [7, 11) is 1.56. The van der Waals surface area contributed by atoms with Crippen molar-refractivity contribution in [3.63, 3.8) is 0 Å². The average Bonchev–Trinajstić information content (AvgIpc) is 2.63. The number of carbonyl (C=O) groups excluding carboxylic acids is 2. The Kier molecular flexibility index (Phi) is 4.56. The first-order chi connectivity index (χ1) is 11.7. The minimum Gasteiger partial charge on any atom is -0.497 e. The van der Waals surface area contributed by atoms with Gasteiger partial charge in [-0.1, -0.05) is 18.2 Å². The molecule has 0 fully saturated rings. The molecule has 6 heteroatoms. The van der Waals surface area contributed by atoms with Gasteiger partial charge < -0.3 is 9.47 Å². The summed E-state index contributed by atoms with van der Waals surface area (Å²) in [4.78, 5) is 24.3. The molecule has 0 aliphatic carbocycles. The molecule has 0 aromatic heterocycles. The standard InChI is InChI=1S/C18H16N2O4/c1-23-14-7-9-15(10-8-14)24-18(22)16-11-12-17(21)20(19-16)13-5-3-2-4-6-13/h2-10H,11-12H2,1H3. The lowest BCUT2D eigenvalue weighted by atomic mass is 10.1. The molecule has 1 heterocycles. The third-order valence-corrected chi connectivity index (χ3v) is 3.54. The van der Waals surface area contributed by atoms with Crippen molar-refractivity contribution in [2.75, 3.05) is 12.1 Å². The molecule has 0 saturated carbocycles. The second-order valence-electron chi connectivity index (χ2n) is 5.15. The Morgan fingerprint density at radius 1 is 1.00 bits per heavy atom. The molecule has 2 aromatic carbocycles. The zero-order valence-electron chi connectivity index (χ0n) is 13.1. The number of para-hydroxylation sites is 1. The molecule has 0 bridgehead atoms. The lowest BCUT2D eigenvalue weighted by Crippen LogP contribution is -2.35. The predicted octanol–water partition coefficient (Wildman–Crippen LogP) is 2.78. The lowest BCUT2D eigenvalue weighted by molar-refractivity contribution is -0.127. The topological polar surface area (TPSA) is 68.2 Å². The smallest absolute Gasteiger partial charge is 0.359 e. The molecule has 2 aromatic rings. The van der Waals surface area contributed by atoms with E-state index in [2.05, 4.69) is 5.10 Å². The summed E-state index contributed by atoms with van der Waals surface area (Å²) in [6.45, 7) is 0. The van der Waals surface area contributed by atoms with Gasteiger partial charge in [0, 0.05) is 12.8 Å². The maximum absolute atomic E-state index is 12.3. The number of carbonyl (C=O) groups is 2. The van der Waals surface area contributed by atoms with Crippen molar-refractivity contribution in [2.45, 2.75) is 12.8 Å². The van der Waals surface area contributed by atoms with Crippen LogP contribution in [0.3, 0.4) is 0 Å². The number of hydrogen-bond acceptors (Lipinski definition) is 5. The second kappa shape index (κ2) is 6.95. The summed E-state index contributed by atoms with van der Waals surface area (Å²) >= 11 is 0. The molecule has 0 N–H and O–H groups in total. The molecular weight excluding hydrogens is 308 g/mol. The van der Waals surface area contributed by atoms with E-state index in [-0.39, 0.29) is 24.5 Å². The highest BCUT2D eigenvalue weighted by molar-refractivity contribution is 6.38. The highest BCUT2D eigenvalue weighted by atomic mass is 16.5. The zero-order chi connectivity index (χ0) is 16.9. The Balaban J connectivity index is 1.77. The summed E-state index contributed by atoms with van der Waals surface area (Å²) < 4.78 is 10.4. The summed E-state index contributed by atoms with van der Waals surface area (Å²) in [5.74, 6) is 0.355. The molecular formula is C18H16N2O4. The maximum Gasteiger partial charge on any atom is 0.359 e. The molecule has 6 nitrogen and oxygen atoms in total. The molecule has 0 radical (unpaired) electrons. The lowest BCUT2D eigenvalue weighted by Gasteiger charge is -2.22. The second-order valence-corrected chi connectivity index (χ2v) is 5.15. The van der Waals surface area contributed by atoms with E-state index in [1.165, 1.54) is 5.01 Å². The van der Waals surface area contributed by atoms with Crippen molar-refractivity contribution in [3.05, 3.63) is 54.6 Å². The molecule has 3 rings (SSSR count). The molecule has 0 saturated heterocycles. The Bertz CT molecular complexity index is 769. The third-order valence-electron chi connectivity index (χ3n) is 3.54. The van der Waals surface area contributed by atoms with Crippen LogP contribution >= 0.6 is 0 Å². The van der Waals surface area contributed by atoms with Crippen molar-refractivity contribution in [1.29, 1.82) is 0 Å². The number of hydrogen-bond donors (Lipinski definition) is 0.